The van der Waals surface area contributed by atoms with Gasteiger partial charge in [-0.2, -0.15) is 0 Å². The standard InChI is InChI=1S/C21H31NO2/c1-21(2,3)17-10-8-15(9-11-17)12-13-22-18-7-5-4-6-16(18)14-19(22)20(23)24/h8-11,16,18-19H,4-7,12-14H2,1-3H3,(H,23,24). The van der Waals surface area contributed by atoms with Crippen LogP contribution in [0, 0.1) is 5.92 Å². The Morgan fingerprint density at radius 2 is 1.83 bits per heavy atom. The van der Waals surface area contributed by atoms with Gasteiger partial charge in [-0.3, -0.25) is 9.69 Å². The second-order valence-electron chi connectivity index (χ2n) is 8.64. The van der Waals surface area contributed by atoms with E-state index in [2.05, 4.69) is 49.9 Å². The molecule has 1 aliphatic heterocycles. The minimum Gasteiger partial charge on any atom is -0.480 e. The Hall–Kier alpha value is -1.35. The molecule has 3 nitrogen and oxygen atoms in total. The van der Waals surface area contributed by atoms with Crippen molar-refractivity contribution >= 4 is 5.97 Å². The largest absolute Gasteiger partial charge is 0.480 e. The van der Waals surface area contributed by atoms with Crippen LogP contribution >= 0.6 is 0 Å². The lowest BCUT2D eigenvalue weighted by atomic mass is 9.84. The number of carboxylic acid groups (broad SMARTS) is 1. The first-order valence-electron chi connectivity index (χ1n) is 9.44. The van der Waals surface area contributed by atoms with Gasteiger partial charge in [0.2, 0.25) is 0 Å². The fourth-order valence-electron chi connectivity index (χ4n) is 4.55. The quantitative estimate of drug-likeness (QED) is 0.898. The van der Waals surface area contributed by atoms with E-state index >= 15 is 0 Å². The molecule has 0 aromatic heterocycles. The van der Waals surface area contributed by atoms with Gasteiger partial charge in [0.15, 0.2) is 0 Å². The molecule has 1 saturated carbocycles. The van der Waals surface area contributed by atoms with E-state index in [0.29, 0.717) is 12.0 Å². The van der Waals surface area contributed by atoms with Crippen molar-refractivity contribution in [3.05, 3.63) is 35.4 Å². The molecule has 1 heterocycles. The van der Waals surface area contributed by atoms with Gasteiger partial charge in [-0.1, -0.05) is 57.9 Å². The van der Waals surface area contributed by atoms with Gasteiger partial charge in [-0.05, 0) is 48.1 Å². The van der Waals surface area contributed by atoms with E-state index in [4.69, 9.17) is 0 Å². The summed E-state index contributed by atoms with van der Waals surface area (Å²) in [6.07, 6.45) is 6.71. The molecule has 3 atom stereocenters. The van der Waals surface area contributed by atoms with Crippen LogP contribution in [0.5, 0.6) is 0 Å². The van der Waals surface area contributed by atoms with E-state index in [1.807, 2.05) is 0 Å². The maximum absolute atomic E-state index is 11.7. The van der Waals surface area contributed by atoms with E-state index in [9.17, 15) is 9.90 Å². The van der Waals surface area contributed by atoms with E-state index < -0.39 is 5.97 Å². The van der Waals surface area contributed by atoms with Gasteiger partial charge in [0.25, 0.3) is 0 Å². The lowest BCUT2D eigenvalue weighted by Crippen LogP contribution is -2.43. The minimum atomic E-state index is -0.632. The Labute approximate surface area is 146 Å². The smallest absolute Gasteiger partial charge is 0.320 e. The van der Waals surface area contributed by atoms with Crippen LogP contribution in [0.25, 0.3) is 0 Å². The van der Waals surface area contributed by atoms with Crippen LogP contribution in [0.2, 0.25) is 0 Å². The van der Waals surface area contributed by atoms with Gasteiger partial charge in [-0.15, -0.1) is 0 Å². The zero-order valence-electron chi connectivity index (χ0n) is 15.3. The molecule has 24 heavy (non-hydrogen) atoms. The van der Waals surface area contributed by atoms with Gasteiger partial charge >= 0.3 is 5.97 Å². The average molecular weight is 329 g/mol. The molecular weight excluding hydrogens is 298 g/mol. The Kier molecular flexibility index (Phi) is 5.00. The Bertz CT molecular complexity index is 572. The number of rotatable bonds is 4. The van der Waals surface area contributed by atoms with Gasteiger partial charge in [0.1, 0.15) is 6.04 Å². The number of benzene rings is 1. The van der Waals surface area contributed by atoms with Crippen molar-refractivity contribution in [3.63, 3.8) is 0 Å². The fraction of sp³-hybridized carbons (Fsp3) is 0.667. The van der Waals surface area contributed by atoms with Crippen LogP contribution < -0.4 is 0 Å². The number of nitrogens with zero attached hydrogens (tertiary/aromatic N) is 1. The summed E-state index contributed by atoms with van der Waals surface area (Å²) in [5, 5.41) is 9.61. The number of carbonyl (C=O) groups is 1. The third-order valence-electron chi connectivity index (χ3n) is 5.98. The van der Waals surface area contributed by atoms with Crippen molar-refractivity contribution in [2.24, 2.45) is 5.92 Å². The molecule has 3 heteroatoms. The highest BCUT2D eigenvalue weighted by atomic mass is 16.4. The molecule has 0 bridgehead atoms. The van der Waals surface area contributed by atoms with E-state index in [0.717, 1.165) is 19.4 Å². The lowest BCUT2D eigenvalue weighted by Gasteiger charge is -2.33. The van der Waals surface area contributed by atoms with Crippen LogP contribution in [0.4, 0.5) is 0 Å². The van der Waals surface area contributed by atoms with Crippen LogP contribution in [0.1, 0.15) is 64.0 Å². The first-order chi connectivity index (χ1) is 11.4. The highest BCUT2D eigenvalue weighted by Gasteiger charge is 2.44. The molecule has 132 valence electrons. The maximum Gasteiger partial charge on any atom is 0.320 e. The van der Waals surface area contributed by atoms with Gasteiger partial charge < -0.3 is 5.11 Å². The lowest BCUT2D eigenvalue weighted by molar-refractivity contribution is -0.142. The number of fused-ring (bicyclic) bond motifs is 1. The summed E-state index contributed by atoms with van der Waals surface area (Å²) < 4.78 is 0. The minimum absolute atomic E-state index is 0.178. The number of hydrogen-bond acceptors (Lipinski definition) is 2. The summed E-state index contributed by atoms with van der Waals surface area (Å²) in [5.74, 6) is -0.0319. The summed E-state index contributed by atoms with van der Waals surface area (Å²) in [6.45, 7) is 7.56. The molecule has 1 N–H and O–H groups in total. The SMILES string of the molecule is CC(C)(C)c1ccc(CCN2C(C(=O)O)CC3CCCCC32)cc1. The first kappa shape index (κ1) is 17.5. The van der Waals surface area contributed by atoms with Crippen molar-refractivity contribution < 1.29 is 9.90 Å². The highest BCUT2D eigenvalue weighted by Crippen LogP contribution is 2.39. The molecule has 1 saturated heterocycles. The van der Waals surface area contributed by atoms with Crippen LogP contribution in [-0.4, -0.2) is 34.6 Å². The van der Waals surface area contributed by atoms with Crippen molar-refractivity contribution in [1.82, 2.24) is 4.90 Å². The van der Waals surface area contributed by atoms with Gasteiger partial charge in [-0.25, -0.2) is 0 Å². The molecule has 3 rings (SSSR count). The maximum atomic E-state index is 11.7. The topological polar surface area (TPSA) is 40.5 Å². The molecule has 2 fully saturated rings. The predicted octanol–water partition coefficient (Wildman–Crippen LogP) is 4.24. The van der Waals surface area contributed by atoms with Crippen molar-refractivity contribution in [1.29, 1.82) is 0 Å². The molecule has 0 amide bonds. The Morgan fingerprint density at radius 3 is 2.46 bits per heavy atom. The fourth-order valence-corrected chi connectivity index (χ4v) is 4.55. The zero-order chi connectivity index (χ0) is 17.3. The molecule has 1 aliphatic carbocycles. The van der Waals surface area contributed by atoms with Crippen LogP contribution in [0.3, 0.4) is 0 Å². The van der Waals surface area contributed by atoms with E-state index in [1.54, 1.807) is 0 Å². The molecule has 3 unspecified atom stereocenters. The third-order valence-corrected chi connectivity index (χ3v) is 5.98. The highest BCUT2D eigenvalue weighted by molar-refractivity contribution is 5.74. The Morgan fingerprint density at radius 1 is 1.17 bits per heavy atom. The normalized spacial score (nSPS) is 27.9. The number of likely N-dealkylation sites (tertiary alicyclic amines) is 1. The third kappa shape index (κ3) is 3.66. The number of aliphatic carboxylic acids is 1. The summed E-state index contributed by atoms with van der Waals surface area (Å²) in [4.78, 5) is 14.0. The molecule has 0 radical (unpaired) electrons. The summed E-state index contributed by atoms with van der Waals surface area (Å²) in [6, 6.07) is 9.09. The second-order valence-corrected chi connectivity index (χ2v) is 8.64. The number of carboxylic acids is 1. The zero-order valence-corrected chi connectivity index (χ0v) is 15.3. The summed E-state index contributed by atoms with van der Waals surface area (Å²) in [5.41, 5.74) is 2.84. The molecule has 1 aromatic rings. The van der Waals surface area contributed by atoms with Gasteiger partial charge in [0.05, 0.1) is 0 Å². The first-order valence-corrected chi connectivity index (χ1v) is 9.44. The molecule has 0 spiro atoms. The molecule has 2 aliphatic rings. The predicted molar refractivity (Wildman–Crippen MR) is 97.3 cm³/mol. The van der Waals surface area contributed by atoms with Crippen LogP contribution in [0.15, 0.2) is 24.3 Å². The molecular formula is C21H31NO2. The van der Waals surface area contributed by atoms with Gasteiger partial charge in [0, 0.05) is 12.6 Å². The number of hydrogen-bond donors (Lipinski definition) is 1. The molecule has 1 aromatic carbocycles. The monoisotopic (exact) mass is 329 g/mol. The van der Waals surface area contributed by atoms with Crippen molar-refractivity contribution in [3.8, 4) is 0 Å². The van der Waals surface area contributed by atoms with Crippen molar-refractivity contribution in [2.75, 3.05) is 6.54 Å². The van der Waals surface area contributed by atoms with E-state index in [-0.39, 0.29) is 11.5 Å². The van der Waals surface area contributed by atoms with E-state index in [1.165, 1.54) is 36.8 Å². The average Bonchev–Trinajstić information content (AvgIpc) is 2.91. The summed E-state index contributed by atoms with van der Waals surface area (Å²) >= 11 is 0. The van der Waals surface area contributed by atoms with Crippen LogP contribution in [-0.2, 0) is 16.6 Å². The second kappa shape index (κ2) is 6.87. The Balaban J connectivity index is 1.66. The summed E-state index contributed by atoms with van der Waals surface area (Å²) in [7, 11) is 0. The van der Waals surface area contributed by atoms with Crippen molar-refractivity contribution in [2.45, 2.75) is 76.8 Å².